The van der Waals surface area contributed by atoms with Gasteiger partial charge in [0, 0.05) is 12.2 Å². The SMILES string of the molecule is O=C(OCn1nnc2ccccc2c1=O)[C@@H]1CS[C@@]2(c3ccc(F)cc3)CCC(=O)N12. The van der Waals surface area contributed by atoms with Crippen molar-refractivity contribution >= 4 is 34.5 Å². The molecular weight excluding hydrogens is 423 g/mol. The van der Waals surface area contributed by atoms with Crippen LogP contribution < -0.4 is 5.56 Å². The van der Waals surface area contributed by atoms with Crippen LogP contribution in [0.5, 0.6) is 0 Å². The lowest BCUT2D eigenvalue weighted by molar-refractivity contribution is -0.157. The van der Waals surface area contributed by atoms with Crippen LogP contribution in [0.25, 0.3) is 10.9 Å². The number of fused-ring (bicyclic) bond motifs is 2. The second kappa shape index (κ2) is 7.45. The van der Waals surface area contributed by atoms with Crippen LogP contribution in [0.2, 0.25) is 0 Å². The van der Waals surface area contributed by atoms with Crippen molar-refractivity contribution in [3.63, 3.8) is 0 Å². The lowest BCUT2D eigenvalue weighted by atomic mass is 10.0. The van der Waals surface area contributed by atoms with E-state index in [0.717, 1.165) is 10.2 Å². The molecule has 5 rings (SSSR count). The molecule has 0 unspecified atom stereocenters. The molecular formula is C21H17FN4O4S. The molecule has 3 aromatic rings. The Balaban J connectivity index is 1.37. The molecule has 2 fully saturated rings. The van der Waals surface area contributed by atoms with Gasteiger partial charge in [-0.15, -0.1) is 16.9 Å². The van der Waals surface area contributed by atoms with Crippen molar-refractivity contribution in [2.75, 3.05) is 5.75 Å². The molecule has 2 atom stereocenters. The van der Waals surface area contributed by atoms with Crippen molar-refractivity contribution in [3.05, 3.63) is 70.3 Å². The minimum Gasteiger partial charge on any atom is -0.441 e. The summed E-state index contributed by atoms with van der Waals surface area (Å²) in [5, 5.41) is 8.14. The number of esters is 1. The third-order valence-electron chi connectivity index (χ3n) is 5.65. The monoisotopic (exact) mass is 440 g/mol. The zero-order valence-electron chi connectivity index (χ0n) is 16.2. The summed E-state index contributed by atoms with van der Waals surface area (Å²) in [7, 11) is 0. The Bertz CT molecular complexity index is 1250. The largest absolute Gasteiger partial charge is 0.441 e. The maximum Gasteiger partial charge on any atom is 0.331 e. The molecule has 158 valence electrons. The number of aromatic nitrogens is 3. The number of amides is 1. The van der Waals surface area contributed by atoms with Gasteiger partial charge in [0.15, 0.2) is 6.73 Å². The van der Waals surface area contributed by atoms with Crippen molar-refractivity contribution in [2.24, 2.45) is 0 Å². The smallest absolute Gasteiger partial charge is 0.331 e. The highest BCUT2D eigenvalue weighted by molar-refractivity contribution is 8.00. The number of hydrogen-bond acceptors (Lipinski definition) is 7. The molecule has 2 aliphatic rings. The number of carbonyl (C=O) groups excluding carboxylic acids is 2. The lowest BCUT2D eigenvalue weighted by Gasteiger charge is -2.33. The first kappa shape index (κ1) is 19.7. The average Bonchev–Trinajstić information content (AvgIpc) is 3.33. The van der Waals surface area contributed by atoms with Crippen LogP contribution in [0.15, 0.2) is 53.3 Å². The second-order valence-corrected chi connectivity index (χ2v) is 8.68. The van der Waals surface area contributed by atoms with Crippen LogP contribution in [0.3, 0.4) is 0 Å². The van der Waals surface area contributed by atoms with Crippen LogP contribution in [0, 0.1) is 5.82 Å². The average molecular weight is 440 g/mol. The number of halogens is 1. The molecule has 0 N–H and O–H groups in total. The van der Waals surface area contributed by atoms with E-state index >= 15 is 0 Å². The van der Waals surface area contributed by atoms with Crippen molar-refractivity contribution < 1.29 is 18.7 Å². The van der Waals surface area contributed by atoms with Crippen molar-refractivity contribution in [3.8, 4) is 0 Å². The van der Waals surface area contributed by atoms with Crippen LogP contribution in [0.1, 0.15) is 18.4 Å². The third kappa shape index (κ3) is 3.18. The van der Waals surface area contributed by atoms with Gasteiger partial charge >= 0.3 is 5.97 Å². The van der Waals surface area contributed by atoms with Crippen LogP contribution >= 0.6 is 11.8 Å². The quantitative estimate of drug-likeness (QED) is 0.573. The highest BCUT2D eigenvalue weighted by atomic mass is 32.2. The van der Waals surface area contributed by atoms with Gasteiger partial charge in [-0.25, -0.2) is 9.18 Å². The zero-order valence-corrected chi connectivity index (χ0v) is 17.0. The van der Waals surface area contributed by atoms with Crippen molar-refractivity contribution in [1.82, 2.24) is 19.9 Å². The first-order valence-corrected chi connectivity index (χ1v) is 10.7. The number of rotatable bonds is 4. The summed E-state index contributed by atoms with van der Waals surface area (Å²) in [5.41, 5.74) is 0.808. The van der Waals surface area contributed by atoms with Gasteiger partial charge in [-0.1, -0.05) is 29.5 Å². The van der Waals surface area contributed by atoms with Crippen molar-refractivity contribution in [1.29, 1.82) is 0 Å². The molecule has 1 aromatic heterocycles. The van der Waals surface area contributed by atoms with Gasteiger partial charge in [0.25, 0.3) is 5.56 Å². The molecule has 3 heterocycles. The van der Waals surface area contributed by atoms with Crippen LogP contribution in [-0.2, 0) is 25.9 Å². The van der Waals surface area contributed by atoms with E-state index in [1.54, 1.807) is 41.3 Å². The molecule has 8 nitrogen and oxygen atoms in total. The Labute approximate surface area is 180 Å². The van der Waals surface area contributed by atoms with E-state index in [4.69, 9.17) is 4.74 Å². The van der Waals surface area contributed by atoms with Crippen molar-refractivity contribution in [2.45, 2.75) is 30.5 Å². The Morgan fingerprint density at radius 3 is 2.77 bits per heavy atom. The maximum atomic E-state index is 13.4. The minimum absolute atomic E-state index is 0.154. The molecule has 2 aliphatic heterocycles. The molecule has 2 aromatic carbocycles. The molecule has 0 radical (unpaired) electrons. The zero-order chi connectivity index (χ0) is 21.6. The van der Waals surface area contributed by atoms with Gasteiger partial charge in [0.05, 0.1) is 5.39 Å². The van der Waals surface area contributed by atoms with E-state index in [2.05, 4.69) is 10.3 Å². The second-order valence-electron chi connectivity index (χ2n) is 7.39. The number of hydrogen-bond donors (Lipinski definition) is 0. The van der Waals surface area contributed by atoms with Gasteiger partial charge in [0.2, 0.25) is 5.91 Å². The molecule has 1 amide bonds. The summed E-state index contributed by atoms with van der Waals surface area (Å²) < 4.78 is 19.7. The molecule has 0 saturated carbocycles. The summed E-state index contributed by atoms with van der Waals surface area (Å²) in [6.45, 7) is -0.401. The highest BCUT2D eigenvalue weighted by Gasteiger charge is 2.57. The summed E-state index contributed by atoms with van der Waals surface area (Å²) in [6.07, 6.45) is 0.825. The topological polar surface area (TPSA) is 94.4 Å². The normalized spacial score (nSPS) is 22.7. The molecule has 2 saturated heterocycles. The number of benzene rings is 2. The van der Waals surface area contributed by atoms with Gasteiger partial charge in [-0.05, 0) is 36.2 Å². The van der Waals surface area contributed by atoms with E-state index < -0.39 is 29.2 Å². The summed E-state index contributed by atoms with van der Waals surface area (Å²) in [6, 6.07) is 11.9. The van der Waals surface area contributed by atoms with E-state index in [9.17, 15) is 18.8 Å². The number of thioether (sulfide) groups is 1. The molecule has 31 heavy (non-hydrogen) atoms. The number of nitrogens with zero attached hydrogens (tertiary/aromatic N) is 4. The summed E-state index contributed by atoms with van der Waals surface area (Å²) in [5.74, 6) is -0.787. The molecule has 10 heteroatoms. The Kier molecular flexibility index (Phi) is 4.73. The fourth-order valence-corrected chi connectivity index (χ4v) is 5.79. The Hall–Kier alpha value is -3.27. The minimum atomic E-state index is -0.797. The molecule has 0 spiro atoms. The Morgan fingerprint density at radius 1 is 1.19 bits per heavy atom. The van der Waals surface area contributed by atoms with E-state index in [-0.39, 0.29) is 11.7 Å². The van der Waals surface area contributed by atoms with E-state index in [1.165, 1.54) is 23.9 Å². The lowest BCUT2D eigenvalue weighted by Crippen LogP contribution is -2.47. The van der Waals surface area contributed by atoms with Crippen LogP contribution in [0.4, 0.5) is 4.39 Å². The summed E-state index contributed by atoms with van der Waals surface area (Å²) >= 11 is 1.47. The number of ether oxygens (including phenoxy) is 1. The van der Waals surface area contributed by atoms with Gasteiger partial charge in [-0.2, -0.15) is 4.68 Å². The van der Waals surface area contributed by atoms with Gasteiger partial charge < -0.3 is 9.64 Å². The predicted octanol–water partition coefficient (Wildman–Crippen LogP) is 2.02. The highest BCUT2D eigenvalue weighted by Crippen LogP contribution is 2.54. The number of carbonyl (C=O) groups is 2. The van der Waals surface area contributed by atoms with Crippen LogP contribution in [-0.4, -0.2) is 43.6 Å². The molecule has 0 bridgehead atoms. The maximum absolute atomic E-state index is 13.4. The van der Waals surface area contributed by atoms with E-state index in [0.29, 0.717) is 29.5 Å². The first-order chi connectivity index (χ1) is 15.0. The van der Waals surface area contributed by atoms with Gasteiger partial charge in [-0.3, -0.25) is 9.59 Å². The third-order valence-corrected chi connectivity index (χ3v) is 7.25. The Morgan fingerprint density at radius 2 is 1.97 bits per heavy atom. The predicted molar refractivity (Wildman–Crippen MR) is 110 cm³/mol. The summed E-state index contributed by atoms with van der Waals surface area (Å²) in [4.78, 5) is 38.9. The van der Waals surface area contributed by atoms with E-state index in [1.807, 2.05) is 0 Å². The fourth-order valence-electron chi connectivity index (χ4n) is 4.16. The van der Waals surface area contributed by atoms with Gasteiger partial charge in [0.1, 0.15) is 22.2 Å². The standard InChI is InChI=1S/C21H17FN4O4S/c22-14-7-5-13(6-8-14)21-10-9-18(27)26(21)17(11-31-21)20(29)30-12-25-19(28)15-3-1-2-4-16(15)23-24-25/h1-8,17H,9-12H2/t17-,21+/m0/s1. The fraction of sp³-hybridized carbons (Fsp3) is 0.286. The first-order valence-electron chi connectivity index (χ1n) is 9.71. The molecule has 0 aliphatic carbocycles.